The van der Waals surface area contributed by atoms with Crippen LogP contribution in [0.15, 0.2) is 4.99 Å². The van der Waals surface area contributed by atoms with Crippen molar-refractivity contribution in [3.8, 4) is 0 Å². The number of guanidine groups is 1. The van der Waals surface area contributed by atoms with Crippen molar-refractivity contribution in [2.45, 2.75) is 52.1 Å². The van der Waals surface area contributed by atoms with Crippen LogP contribution < -0.4 is 15.4 Å². The number of hydrogen-bond acceptors (Lipinski definition) is 4. The van der Waals surface area contributed by atoms with E-state index in [4.69, 9.17) is 0 Å². The van der Waals surface area contributed by atoms with Crippen LogP contribution in [-0.4, -0.2) is 70.3 Å². The molecule has 0 aromatic carbocycles. The van der Waals surface area contributed by atoms with E-state index in [9.17, 15) is 8.42 Å². The maximum atomic E-state index is 11.0. The van der Waals surface area contributed by atoms with Gasteiger partial charge < -0.3 is 15.5 Å². The van der Waals surface area contributed by atoms with E-state index in [-0.39, 0.29) is 0 Å². The normalized spacial score (nSPS) is 18.4. The lowest BCUT2D eigenvalue weighted by molar-refractivity contribution is 0.167. The molecular formula is C15H33N5O2S. The summed E-state index contributed by atoms with van der Waals surface area (Å²) in [5.74, 6) is 0.829. The van der Waals surface area contributed by atoms with Crippen molar-refractivity contribution in [1.82, 2.24) is 20.3 Å². The van der Waals surface area contributed by atoms with Gasteiger partial charge in [0.25, 0.3) is 0 Å². The van der Waals surface area contributed by atoms with Gasteiger partial charge in [0.2, 0.25) is 10.0 Å². The average Bonchev–Trinajstić information content (AvgIpc) is 2.46. The maximum absolute atomic E-state index is 11.0. The van der Waals surface area contributed by atoms with Gasteiger partial charge in [0.05, 0.1) is 6.26 Å². The monoisotopic (exact) mass is 347 g/mol. The van der Waals surface area contributed by atoms with Crippen molar-refractivity contribution < 1.29 is 8.42 Å². The van der Waals surface area contributed by atoms with Crippen molar-refractivity contribution in [1.29, 1.82) is 0 Å². The van der Waals surface area contributed by atoms with Crippen molar-refractivity contribution in [2.75, 3.05) is 39.0 Å². The summed E-state index contributed by atoms with van der Waals surface area (Å²) >= 11 is 0. The van der Waals surface area contributed by atoms with Crippen molar-refractivity contribution in [3.05, 3.63) is 0 Å². The first-order chi connectivity index (χ1) is 10.8. The Morgan fingerprint density at radius 2 is 1.96 bits per heavy atom. The number of likely N-dealkylation sites (tertiary alicyclic amines) is 1. The van der Waals surface area contributed by atoms with E-state index in [2.05, 4.69) is 39.1 Å². The summed E-state index contributed by atoms with van der Waals surface area (Å²) in [7, 11) is -3.10. The molecule has 1 fully saturated rings. The molecule has 0 aromatic rings. The molecule has 1 aliphatic rings. The minimum absolute atomic E-state index is 0.425. The first-order valence-electron chi connectivity index (χ1n) is 8.55. The molecule has 3 N–H and O–H groups in total. The summed E-state index contributed by atoms with van der Waals surface area (Å²) in [6.07, 6.45) is 4.11. The lowest BCUT2D eigenvalue weighted by Gasteiger charge is -2.35. The van der Waals surface area contributed by atoms with Crippen molar-refractivity contribution in [2.24, 2.45) is 4.99 Å². The Balaban J connectivity index is 2.35. The van der Waals surface area contributed by atoms with Crippen LogP contribution in [0.3, 0.4) is 0 Å². The molecule has 7 nitrogen and oxygen atoms in total. The second-order valence-electron chi connectivity index (χ2n) is 6.33. The third-order valence-corrected chi connectivity index (χ3v) is 4.64. The van der Waals surface area contributed by atoms with Crippen LogP contribution in [0.4, 0.5) is 0 Å². The molecule has 8 heteroatoms. The number of rotatable bonds is 8. The highest BCUT2D eigenvalue weighted by Crippen LogP contribution is 2.12. The molecule has 1 rings (SSSR count). The van der Waals surface area contributed by atoms with Gasteiger partial charge in [-0.1, -0.05) is 0 Å². The number of nitrogens with one attached hydrogen (secondary N) is 3. The molecule has 136 valence electrons. The summed E-state index contributed by atoms with van der Waals surface area (Å²) in [5.41, 5.74) is 0. The van der Waals surface area contributed by atoms with E-state index in [0.29, 0.717) is 31.6 Å². The molecular weight excluding hydrogens is 314 g/mol. The molecule has 0 bridgehead atoms. The van der Waals surface area contributed by atoms with Gasteiger partial charge in [-0.05, 0) is 40.0 Å². The highest BCUT2D eigenvalue weighted by Gasteiger charge is 2.21. The Labute approximate surface area is 141 Å². The second-order valence-corrected chi connectivity index (χ2v) is 8.16. The van der Waals surface area contributed by atoms with Gasteiger partial charge >= 0.3 is 0 Å². The predicted molar refractivity (Wildman–Crippen MR) is 96.3 cm³/mol. The van der Waals surface area contributed by atoms with E-state index >= 15 is 0 Å². The quantitative estimate of drug-likeness (QED) is 0.335. The van der Waals surface area contributed by atoms with Crippen LogP contribution in [0.5, 0.6) is 0 Å². The number of nitrogens with zero attached hydrogens (tertiary/aromatic N) is 2. The van der Waals surface area contributed by atoms with E-state index in [0.717, 1.165) is 38.4 Å². The zero-order valence-corrected chi connectivity index (χ0v) is 15.7. The Morgan fingerprint density at radius 3 is 2.48 bits per heavy atom. The zero-order valence-electron chi connectivity index (χ0n) is 14.9. The first-order valence-corrected chi connectivity index (χ1v) is 10.4. The maximum Gasteiger partial charge on any atom is 0.208 e. The summed E-state index contributed by atoms with van der Waals surface area (Å²) in [5, 5.41) is 6.75. The van der Waals surface area contributed by atoms with Crippen LogP contribution in [0.2, 0.25) is 0 Å². The van der Waals surface area contributed by atoms with E-state index in [1.54, 1.807) is 0 Å². The van der Waals surface area contributed by atoms with Gasteiger partial charge in [-0.15, -0.1) is 0 Å². The second kappa shape index (κ2) is 10.1. The Morgan fingerprint density at radius 1 is 1.30 bits per heavy atom. The number of piperidine rings is 1. The van der Waals surface area contributed by atoms with Gasteiger partial charge in [-0.2, -0.15) is 0 Å². The largest absolute Gasteiger partial charge is 0.357 e. The van der Waals surface area contributed by atoms with Crippen molar-refractivity contribution in [3.63, 3.8) is 0 Å². The molecule has 0 saturated carbocycles. The van der Waals surface area contributed by atoms with E-state index in [1.165, 1.54) is 6.26 Å². The highest BCUT2D eigenvalue weighted by atomic mass is 32.2. The lowest BCUT2D eigenvalue weighted by Crippen LogP contribution is -2.49. The fraction of sp³-hybridized carbons (Fsp3) is 0.933. The van der Waals surface area contributed by atoms with Gasteiger partial charge in [-0.3, -0.25) is 4.99 Å². The SMILES string of the molecule is CCNC(=NCCCNS(C)(=O)=O)NC1CCN(C(C)C)CC1. The van der Waals surface area contributed by atoms with E-state index in [1.807, 2.05) is 6.92 Å². The molecule has 0 aliphatic carbocycles. The van der Waals surface area contributed by atoms with Gasteiger partial charge in [0, 0.05) is 44.8 Å². The number of sulfonamides is 1. The smallest absolute Gasteiger partial charge is 0.208 e. The zero-order chi connectivity index (χ0) is 17.3. The van der Waals surface area contributed by atoms with Gasteiger partial charge in [0.15, 0.2) is 5.96 Å². The summed E-state index contributed by atoms with van der Waals surface area (Å²) < 4.78 is 24.5. The molecule has 0 spiro atoms. The third kappa shape index (κ3) is 9.12. The average molecular weight is 348 g/mol. The predicted octanol–water partition coefficient (Wildman–Crippen LogP) is 0.354. The van der Waals surface area contributed by atoms with Crippen molar-refractivity contribution >= 4 is 16.0 Å². The molecule has 1 saturated heterocycles. The van der Waals surface area contributed by atoms with E-state index < -0.39 is 10.0 Å². The molecule has 23 heavy (non-hydrogen) atoms. The van der Waals surface area contributed by atoms with Crippen LogP contribution in [0.1, 0.15) is 40.0 Å². The Bertz CT molecular complexity index is 456. The molecule has 1 heterocycles. The molecule has 1 aliphatic heterocycles. The summed E-state index contributed by atoms with van der Waals surface area (Å²) in [4.78, 5) is 7.03. The molecule has 0 atom stereocenters. The van der Waals surface area contributed by atoms with Gasteiger partial charge in [-0.25, -0.2) is 13.1 Å². The first kappa shape index (κ1) is 20.2. The van der Waals surface area contributed by atoms with Crippen LogP contribution in [0, 0.1) is 0 Å². The van der Waals surface area contributed by atoms with Crippen LogP contribution >= 0.6 is 0 Å². The molecule has 0 amide bonds. The fourth-order valence-electron chi connectivity index (χ4n) is 2.60. The topological polar surface area (TPSA) is 85.8 Å². The standard InChI is InChI=1S/C15H33N5O2S/c1-5-16-15(17-9-6-10-18-23(4,21)22)19-14-7-11-20(12-8-14)13(2)3/h13-14,18H,5-12H2,1-4H3,(H2,16,17,19). The Kier molecular flexibility index (Phi) is 8.86. The van der Waals surface area contributed by atoms with Crippen LogP contribution in [-0.2, 0) is 10.0 Å². The third-order valence-electron chi connectivity index (χ3n) is 3.91. The Hall–Kier alpha value is -0.860. The summed E-state index contributed by atoms with van der Waals surface area (Å²) in [6.45, 7) is 10.6. The number of hydrogen-bond donors (Lipinski definition) is 3. The fourth-order valence-corrected chi connectivity index (χ4v) is 3.12. The lowest BCUT2D eigenvalue weighted by atomic mass is 10.0. The minimum atomic E-state index is -3.10. The molecule has 0 unspecified atom stereocenters. The summed E-state index contributed by atoms with van der Waals surface area (Å²) in [6, 6.07) is 1.07. The molecule has 0 aromatic heterocycles. The van der Waals surface area contributed by atoms with Crippen LogP contribution in [0.25, 0.3) is 0 Å². The highest BCUT2D eigenvalue weighted by molar-refractivity contribution is 7.88. The number of aliphatic imine (C=N–C) groups is 1. The molecule has 0 radical (unpaired) electrons. The minimum Gasteiger partial charge on any atom is -0.357 e. The van der Waals surface area contributed by atoms with Gasteiger partial charge in [0.1, 0.15) is 0 Å².